The van der Waals surface area contributed by atoms with E-state index in [1.54, 1.807) is 12.1 Å². The first-order valence-corrected chi connectivity index (χ1v) is 11.0. The van der Waals surface area contributed by atoms with Crippen molar-refractivity contribution in [3.63, 3.8) is 0 Å². The molecule has 1 aliphatic heterocycles. The molecule has 1 heterocycles. The Morgan fingerprint density at radius 2 is 1.76 bits per heavy atom. The van der Waals surface area contributed by atoms with Gasteiger partial charge in [0.2, 0.25) is 15.9 Å². The lowest BCUT2D eigenvalue weighted by molar-refractivity contribution is -0.385. The summed E-state index contributed by atoms with van der Waals surface area (Å²) in [6.45, 7) is 1.35. The van der Waals surface area contributed by atoms with Crippen molar-refractivity contribution in [2.75, 3.05) is 38.0 Å². The molecule has 0 radical (unpaired) electrons. The van der Waals surface area contributed by atoms with Crippen LogP contribution >= 0.6 is 15.9 Å². The molecule has 9 nitrogen and oxygen atoms in total. The lowest BCUT2D eigenvalue weighted by atomic mass is 10.3. The van der Waals surface area contributed by atoms with Gasteiger partial charge < -0.3 is 5.32 Å². The van der Waals surface area contributed by atoms with Gasteiger partial charge in [-0.3, -0.25) is 19.8 Å². The molecule has 0 unspecified atom stereocenters. The van der Waals surface area contributed by atoms with E-state index < -0.39 is 14.9 Å². The molecule has 0 aliphatic carbocycles. The SMILES string of the molecule is O=C(CN1CCN(S(=O)(=O)c2cccc([N+](=O)[O-])c2)CC1)Nc1ccc(Br)cc1. The van der Waals surface area contributed by atoms with Crippen LogP contribution in [0.15, 0.2) is 57.9 Å². The number of rotatable bonds is 6. The summed E-state index contributed by atoms with van der Waals surface area (Å²) in [7, 11) is -3.83. The maximum absolute atomic E-state index is 12.8. The van der Waals surface area contributed by atoms with Gasteiger partial charge in [0.05, 0.1) is 16.4 Å². The number of nitrogens with zero attached hydrogens (tertiary/aromatic N) is 3. The molecule has 29 heavy (non-hydrogen) atoms. The molecule has 0 saturated carbocycles. The number of sulfonamides is 1. The number of anilines is 1. The van der Waals surface area contributed by atoms with E-state index in [4.69, 9.17) is 0 Å². The number of hydrogen-bond donors (Lipinski definition) is 1. The highest BCUT2D eigenvalue weighted by atomic mass is 79.9. The first kappa shape index (κ1) is 21.4. The summed E-state index contributed by atoms with van der Waals surface area (Å²) < 4.78 is 27.7. The minimum atomic E-state index is -3.83. The Labute approximate surface area is 176 Å². The minimum absolute atomic E-state index is 0.104. The topological polar surface area (TPSA) is 113 Å². The molecule has 2 aromatic carbocycles. The second-order valence-corrected chi connectivity index (χ2v) is 9.34. The number of hydrogen-bond acceptors (Lipinski definition) is 6. The van der Waals surface area contributed by atoms with Gasteiger partial charge >= 0.3 is 0 Å². The van der Waals surface area contributed by atoms with E-state index in [0.29, 0.717) is 18.8 Å². The number of carbonyl (C=O) groups is 1. The van der Waals surface area contributed by atoms with Crippen molar-refractivity contribution < 1.29 is 18.1 Å². The summed E-state index contributed by atoms with van der Waals surface area (Å²) in [5.74, 6) is -0.178. The van der Waals surface area contributed by atoms with Gasteiger partial charge in [0.15, 0.2) is 0 Å². The number of halogens is 1. The van der Waals surface area contributed by atoms with Crippen LogP contribution in [0.4, 0.5) is 11.4 Å². The third-order valence-electron chi connectivity index (χ3n) is 4.49. The Balaban J connectivity index is 1.57. The molecule has 1 saturated heterocycles. The quantitative estimate of drug-likeness (QED) is 0.499. The Morgan fingerprint density at radius 3 is 2.38 bits per heavy atom. The monoisotopic (exact) mass is 482 g/mol. The standard InChI is InChI=1S/C18H19BrN4O5S/c19-14-4-6-15(7-5-14)20-18(24)13-21-8-10-22(11-9-21)29(27,28)17-3-1-2-16(12-17)23(25)26/h1-7,12H,8-11,13H2,(H,20,24). The van der Waals surface area contributed by atoms with Gasteiger partial charge in [-0.2, -0.15) is 4.31 Å². The third-order valence-corrected chi connectivity index (χ3v) is 6.92. The van der Waals surface area contributed by atoms with Crippen LogP contribution in [0.1, 0.15) is 0 Å². The molecule has 0 bridgehead atoms. The molecule has 1 N–H and O–H groups in total. The van der Waals surface area contributed by atoms with Gasteiger partial charge in [-0.1, -0.05) is 22.0 Å². The summed E-state index contributed by atoms with van der Waals surface area (Å²) in [5, 5.41) is 13.7. The van der Waals surface area contributed by atoms with Gasteiger partial charge in [-0.15, -0.1) is 0 Å². The summed E-state index contributed by atoms with van der Waals surface area (Å²) in [5.41, 5.74) is 0.416. The molecule has 1 aliphatic rings. The zero-order chi connectivity index (χ0) is 21.0. The number of nitro benzene ring substituents is 1. The Morgan fingerprint density at radius 1 is 1.10 bits per heavy atom. The summed E-state index contributed by atoms with van der Waals surface area (Å²) in [6.07, 6.45) is 0. The van der Waals surface area contributed by atoms with Gasteiger partial charge in [0.1, 0.15) is 0 Å². The van der Waals surface area contributed by atoms with E-state index in [2.05, 4.69) is 21.2 Å². The molecule has 1 amide bonds. The van der Waals surface area contributed by atoms with Crippen molar-refractivity contribution in [2.45, 2.75) is 4.90 Å². The molecule has 3 rings (SSSR count). The smallest absolute Gasteiger partial charge is 0.270 e. The predicted octanol–water partition coefficient (Wildman–Crippen LogP) is 2.30. The van der Waals surface area contributed by atoms with E-state index in [0.717, 1.165) is 10.5 Å². The van der Waals surface area contributed by atoms with Crippen LogP contribution in [0.2, 0.25) is 0 Å². The van der Waals surface area contributed by atoms with Crippen LogP contribution in [0.25, 0.3) is 0 Å². The highest BCUT2D eigenvalue weighted by Gasteiger charge is 2.30. The van der Waals surface area contributed by atoms with E-state index in [-0.39, 0.29) is 36.1 Å². The van der Waals surface area contributed by atoms with Crippen LogP contribution in [0, 0.1) is 10.1 Å². The third kappa shape index (κ3) is 5.38. The second kappa shape index (κ2) is 8.99. The van der Waals surface area contributed by atoms with E-state index in [9.17, 15) is 23.3 Å². The highest BCUT2D eigenvalue weighted by Crippen LogP contribution is 2.22. The maximum atomic E-state index is 12.8. The van der Waals surface area contributed by atoms with Crippen molar-refractivity contribution >= 4 is 43.2 Å². The number of nitro groups is 1. The van der Waals surface area contributed by atoms with Crippen LogP contribution < -0.4 is 5.32 Å². The fourth-order valence-electron chi connectivity index (χ4n) is 2.97. The zero-order valence-electron chi connectivity index (χ0n) is 15.3. The summed E-state index contributed by atoms with van der Waals surface area (Å²) in [4.78, 5) is 24.2. The number of benzene rings is 2. The number of carbonyl (C=O) groups excluding carboxylic acids is 1. The van der Waals surface area contributed by atoms with Crippen LogP contribution in [-0.4, -0.2) is 61.2 Å². The fraction of sp³-hybridized carbons (Fsp3) is 0.278. The van der Waals surface area contributed by atoms with Gasteiger partial charge in [-0.05, 0) is 30.3 Å². The van der Waals surface area contributed by atoms with Crippen molar-refractivity contribution in [1.82, 2.24) is 9.21 Å². The van der Waals surface area contributed by atoms with Crippen molar-refractivity contribution in [1.29, 1.82) is 0 Å². The van der Waals surface area contributed by atoms with Crippen molar-refractivity contribution in [3.8, 4) is 0 Å². The molecule has 0 spiro atoms. The number of amides is 1. The average molecular weight is 483 g/mol. The largest absolute Gasteiger partial charge is 0.325 e. The van der Waals surface area contributed by atoms with Gasteiger partial charge in [0.25, 0.3) is 5.69 Å². The first-order valence-electron chi connectivity index (χ1n) is 8.78. The molecule has 0 aromatic heterocycles. The number of non-ortho nitro benzene ring substituents is 1. The molecular formula is C18H19BrN4O5S. The molecule has 0 atom stereocenters. The zero-order valence-corrected chi connectivity index (χ0v) is 17.7. The lowest BCUT2D eigenvalue weighted by Crippen LogP contribution is -2.50. The van der Waals surface area contributed by atoms with E-state index in [1.165, 1.54) is 22.5 Å². The predicted molar refractivity (Wildman–Crippen MR) is 111 cm³/mol. The van der Waals surface area contributed by atoms with Crippen molar-refractivity contribution in [3.05, 3.63) is 63.1 Å². The number of nitrogens with one attached hydrogen (secondary N) is 1. The molecular weight excluding hydrogens is 464 g/mol. The Hall–Kier alpha value is -2.34. The average Bonchev–Trinajstić information content (AvgIpc) is 2.70. The normalized spacial score (nSPS) is 15.8. The highest BCUT2D eigenvalue weighted by molar-refractivity contribution is 9.10. The van der Waals surface area contributed by atoms with Gasteiger partial charge in [-0.25, -0.2) is 8.42 Å². The summed E-state index contributed by atoms with van der Waals surface area (Å²) in [6, 6.07) is 12.2. The maximum Gasteiger partial charge on any atom is 0.270 e. The van der Waals surface area contributed by atoms with Gasteiger partial charge in [0, 0.05) is 48.5 Å². The molecule has 1 fully saturated rings. The van der Waals surface area contributed by atoms with E-state index in [1.807, 2.05) is 17.0 Å². The molecule has 11 heteroatoms. The number of piperazine rings is 1. The minimum Gasteiger partial charge on any atom is -0.325 e. The van der Waals surface area contributed by atoms with Crippen LogP contribution in [0.5, 0.6) is 0 Å². The second-order valence-electron chi connectivity index (χ2n) is 6.49. The van der Waals surface area contributed by atoms with Crippen LogP contribution in [-0.2, 0) is 14.8 Å². The fourth-order valence-corrected chi connectivity index (χ4v) is 4.70. The summed E-state index contributed by atoms with van der Waals surface area (Å²) >= 11 is 3.33. The Bertz CT molecular complexity index is 1010. The molecule has 154 valence electrons. The van der Waals surface area contributed by atoms with E-state index >= 15 is 0 Å². The van der Waals surface area contributed by atoms with Crippen LogP contribution in [0.3, 0.4) is 0 Å². The van der Waals surface area contributed by atoms with Crippen molar-refractivity contribution in [2.24, 2.45) is 0 Å². The lowest BCUT2D eigenvalue weighted by Gasteiger charge is -2.33. The Kier molecular flexibility index (Phi) is 6.63. The first-order chi connectivity index (χ1) is 13.8. The molecule has 2 aromatic rings.